The summed E-state index contributed by atoms with van der Waals surface area (Å²) in [6, 6.07) is 17.6. The molecule has 4 aromatic rings. The molecule has 9 nitrogen and oxygen atoms in total. The average Bonchev–Trinajstić information content (AvgIpc) is 3.62. The van der Waals surface area contributed by atoms with Gasteiger partial charge in [-0.2, -0.15) is 4.98 Å². The number of fused-ring (bicyclic) bond motifs is 1. The Hall–Kier alpha value is -4.40. The molecule has 2 aromatic carbocycles. The number of piperidine rings is 1. The lowest BCUT2D eigenvalue weighted by molar-refractivity contribution is -0.125. The number of carbonyl (C=O) groups excluding carboxylic acids is 1. The standard InChI is InChI=1S/C28H27N5O4/c1-18-4-7-20(8-5-18)25-31-28(37-32-25)22-3-2-12-29-26(22)33-13-10-21(11-14-33)27(34)30-16-19-6-9-23-24(15-19)36-17-35-23/h2-9,12,15,21H,10-11,13-14,16-17H2,1H3,(H,30,34). The lowest BCUT2D eigenvalue weighted by atomic mass is 9.95. The number of hydrogen-bond acceptors (Lipinski definition) is 8. The first kappa shape index (κ1) is 23.0. The molecular weight excluding hydrogens is 470 g/mol. The van der Waals surface area contributed by atoms with Crippen LogP contribution >= 0.6 is 0 Å². The zero-order chi connectivity index (χ0) is 25.2. The molecule has 6 rings (SSSR count). The number of hydrogen-bond donors (Lipinski definition) is 1. The van der Waals surface area contributed by atoms with Crippen LogP contribution in [0.5, 0.6) is 11.5 Å². The van der Waals surface area contributed by atoms with E-state index in [-0.39, 0.29) is 18.6 Å². The van der Waals surface area contributed by atoms with Crippen molar-refractivity contribution in [3.8, 4) is 34.3 Å². The quantitative estimate of drug-likeness (QED) is 0.419. The summed E-state index contributed by atoms with van der Waals surface area (Å²) in [5.74, 6) is 3.25. The van der Waals surface area contributed by atoms with Crippen LogP contribution in [0.4, 0.5) is 5.82 Å². The van der Waals surface area contributed by atoms with Crippen LogP contribution in [0.3, 0.4) is 0 Å². The molecule has 0 aliphatic carbocycles. The molecule has 0 atom stereocenters. The largest absolute Gasteiger partial charge is 0.454 e. The molecule has 188 valence electrons. The normalized spacial score (nSPS) is 15.1. The van der Waals surface area contributed by atoms with E-state index < -0.39 is 0 Å². The van der Waals surface area contributed by atoms with Gasteiger partial charge in [0.15, 0.2) is 11.5 Å². The maximum Gasteiger partial charge on any atom is 0.261 e. The molecule has 2 aliphatic heterocycles. The molecule has 0 radical (unpaired) electrons. The Balaban J connectivity index is 1.09. The average molecular weight is 498 g/mol. The highest BCUT2D eigenvalue weighted by Crippen LogP contribution is 2.33. The number of ether oxygens (including phenoxy) is 2. The summed E-state index contributed by atoms with van der Waals surface area (Å²) in [4.78, 5) is 24.3. The van der Waals surface area contributed by atoms with Crippen molar-refractivity contribution < 1.29 is 18.8 Å². The van der Waals surface area contributed by atoms with Gasteiger partial charge in [0, 0.05) is 37.3 Å². The monoisotopic (exact) mass is 497 g/mol. The molecular formula is C28H27N5O4. The second-order valence-electron chi connectivity index (χ2n) is 9.33. The van der Waals surface area contributed by atoms with Crippen molar-refractivity contribution in [2.45, 2.75) is 26.3 Å². The van der Waals surface area contributed by atoms with Gasteiger partial charge in [-0.3, -0.25) is 4.79 Å². The zero-order valence-electron chi connectivity index (χ0n) is 20.5. The van der Waals surface area contributed by atoms with Crippen LogP contribution in [0.1, 0.15) is 24.0 Å². The predicted molar refractivity (Wildman–Crippen MR) is 137 cm³/mol. The number of pyridine rings is 1. The van der Waals surface area contributed by atoms with E-state index in [1.165, 1.54) is 5.56 Å². The molecule has 1 N–H and O–H groups in total. The van der Waals surface area contributed by atoms with E-state index in [1.807, 2.05) is 61.5 Å². The Bertz CT molecular complexity index is 1410. The number of aryl methyl sites for hydroxylation is 1. The van der Waals surface area contributed by atoms with E-state index in [2.05, 4.69) is 25.3 Å². The fourth-order valence-electron chi connectivity index (χ4n) is 4.71. The molecule has 1 amide bonds. The van der Waals surface area contributed by atoms with Gasteiger partial charge in [0.25, 0.3) is 5.89 Å². The molecule has 1 fully saturated rings. The maximum absolute atomic E-state index is 12.9. The summed E-state index contributed by atoms with van der Waals surface area (Å²) in [5, 5.41) is 7.25. The first-order valence-corrected chi connectivity index (χ1v) is 12.4. The van der Waals surface area contributed by atoms with Crippen LogP contribution in [0.2, 0.25) is 0 Å². The maximum atomic E-state index is 12.9. The van der Waals surface area contributed by atoms with Crippen molar-refractivity contribution in [2.24, 2.45) is 5.92 Å². The van der Waals surface area contributed by atoms with Gasteiger partial charge >= 0.3 is 0 Å². The number of nitrogens with one attached hydrogen (secondary N) is 1. The number of benzene rings is 2. The van der Waals surface area contributed by atoms with E-state index >= 15 is 0 Å². The van der Waals surface area contributed by atoms with E-state index in [1.54, 1.807) is 6.20 Å². The van der Waals surface area contributed by atoms with Crippen molar-refractivity contribution in [3.63, 3.8) is 0 Å². The Labute approximate surface area is 214 Å². The fourth-order valence-corrected chi connectivity index (χ4v) is 4.71. The van der Waals surface area contributed by atoms with Gasteiger partial charge in [0.05, 0.1) is 5.56 Å². The smallest absolute Gasteiger partial charge is 0.261 e. The fraction of sp³-hybridized carbons (Fsp3) is 0.286. The number of nitrogens with zero attached hydrogens (tertiary/aromatic N) is 4. The molecule has 0 bridgehead atoms. The minimum absolute atomic E-state index is 0.0473. The lowest BCUT2D eigenvalue weighted by Crippen LogP contribution is -2.40. The molecule has 0 saturated carbocycles. The topological polar surface area (TPSA) is 103 Å². The number of aromatic nitrogens is 3. The van der Waals surface area contributed by atoms with Gasteiger partial charge in [-0.15, -0.1) is 0 Å². The Morgan fingerprint density at radius 1 is 1.05 bits per heavy atom. The van der Waals surface area contributed by atoms with Gasteiger partial charge < -0.3 is 24.2 Å². The highest BCUT2D eigenvalue weighted by atomic mass is 16.7. The second kappa shape index (κ2) is 9.93. The lowest BCUT2D eigenvalue weighted by Gasteiger charge is -2.32. The van der Waals surface area contributed by atoms with Crippen molar-refractivity contribution >= 4 is 11.7 Å². The van der Waals surface area contributed by atoms with Gasteiger partial charge in [-0.05, 0) is 49.6 Å². The summed E-state index contributed by atoms with van der Waals surface area (Å²) in [5.41, 5.74) is 3.85. The third-order valence-electron chi connectivity index (χ3n) is 6.82. The van der Waals surface area contributed by atoms with Crippen LogP contribution < -0.4 is 19.7 Å². The second-order valence-corrected chi connectivity index (χ2v) is 9.33. The molecule has 4 heterocycles. The van der Waals surface area contributed by atoms with Crippen molar-refractivity contribution in [1.29, 1.82) is 0 Å². The van der Waals surface area contributed by atoms with Crippen LogP contribution in [0.25, 0.3) is 22.8 Å². The van der Waals surface area contributed by atoms with Gasteiger partial charge in [-0.25, -0.2) is 4.98 Å². The molecule has 0 unspecified atom stereocenters. The van der Waals surface area contributed by atoms with E-state index in [4.69, 9.17) is 14.0 Å². The zero-order valence-corrected chi connectivity index (χ0v) is 20.5. The third-order valence-corrected chi connectivity index (χ3v) is 6.82. The number of anilines is 1. The van der Waals surface area contributed by atoms with Crippen LogP contribution in [-0.4, -0.2) is 40.9 Å². The number of carbonyl (C=O) groups is 1. The number of rotatable bonds is 6. The summed E-state index contributed by atoms with van der Waals surface area (Å²) in [6.45, 7) is 4.17. The van der Waals surface area contributed by atoms with Crippen LogP contribution in [0, 0.1) is 12.8 Å². The predicted octanol–water partition coefficient (Wildman–Crippen LogP) is 4.37. The highest BCUT2D eigenvalue weighted by molar-refractivity contribution is 5.79. The molecule has 0 spiro atoms. The minimum Gasteiger partial charge on any atom is -0.454 e. The van der Waals surface area contributed by atoms with Gasteiger partial charge in [0.2, 0.25) is 18.5 Å². The van der Waals surface area contributed by atoms with E-state index in [0.29, 0.717) is 31.3 Å². The third kappa shape index (κ3) is 4.84. The summed E-state index contributed by atoms with van der Waals surface area (Å²) in [6.07, 6.45) is 3.24. The summed E-state index contributed by atoms with van der Waals surface area (Å²) in [7, 11) is 0. The van der Waals surface area contributed by atoms with Gasteiger partial charge in [0.1, 0.15) is 5.82 Å². The SMILES string of the molecule is Cc1ccc(-c2noc(-c3cccnc3N3CCC(C(=O)NCc4ccc5c(c4)OCO5)CC3)n2)cc1. The first-order valence-electron chi connectivity index (χ1n) is 12.4. The summed E-state index contributed by atoms with van der Waals surface area (Å²) >= 11 is 0. The molecule has 1 saturated heterocycles. The minimum atomic E-state index is -0.0473. The van der Waals surface area contributed by atoms with Crippen molar-refractivity contribution in [2.75, 3.05) is 24.8 Å². The Kier molecular flexibility index (Phi) is 6.18. The highest BCUT2D eigenvalue weighted by Gasteiger charge is 2.28. The van der Waals surface area contributed by atoms with Crippen LogP contribution in [0.15, 0.2) is 65.3 Å². The van der Waals surface area contributed by atoms with Crippen molar-refractivity contribution in [1.82, 2.24) is 20.4 Å². The Morgan fingerprint density at radius 3 is 2.70 bits per heavy atom. The molecule has 9 heteroatoms. The molecule has 2 aromatic heterocycles. The van der Waals surface area contributed by atoms with Crippen molar-refractivity contribution in [3.05, 3.63) is 71.9 Å². The van der Waals surface area contributed by atoms with Gasteiger partial charge in [-0.1, -0.05) is 41.1 Å². The van der Waals surface area contributed by atoms with E-state index in [9.17, 15) is 4.79 Å². The molecule has 37 heavy (non-hydrogen) atoms. The van der Waals surface area contributed by atoms with E-state index in [0.717, 1.165) is 46.8 Å². The number of amides is 1. The van der Waals surface area contributed by atoms with Crippen LogP contribution in [-0.2, 0) is 11.3 Å². The summed E-state index contributed by atoms with van der Waals surface area (Å²) < 4.78 is 16.4. The Morgan fingerprint density at radius 2 is 1.86 bits per heavy atom. The first-order chi connectivity index (χ1) is 18.1. The molecule has 2 aliphatic rings.